The quantitative estimate of drug-likeness (QED) is 0.480. The number of rotatable bonds is 9. The summed E-state index contributed by atoms with van der Waals surface area (Å²) in [7, 11) is 4.67. The van der Waals surface area contributed by atoms with E-state index in [9.17, 15) is 9.59 Å². The lowest BCUT2D eigenvalue weighted by Crippen LogP contribution is -2.19. The van der Waals surface area contributed by atoms with Crippen molar-refractivity contribution in [2.45, 2.75) is 32.6 Å². The molecule has 0 saturated heterocycles. The second-order valence-electron chi connectivity index (χ2n) is 7.30. The number of nitrogens with one attached hydrogen (secondary N) is 1. The van der Waals surface area contributed by atoms with Crippen molar-refractivity contribution in [3.63, 3.8) is 0 Å². The van der Waals surface area contributed by atoms with Crippen molar-refractivity contribution in [1.29, 1.82) is 0 Å². The van der Waals surface area contributed by atoms with Crippen molar-refractivity contribution < 1.29 is 33.3 Å². The van der Waals surface area contributed by atoms with Gasteiger partial charge in [-0.15, -0.1) is 0 Å². The van der Waals surface area contributed by atoms with E-state index >= 15 is 0 Å². The topological polar surface area (TPSA) is 96.1 Å². The van der Waals surface area contributed by atoms with Gasteiger partial charge in [0.1, 0.15) is 12.3 Å². The normalized spacial score (nSPS) is 15.4. The number of ether oxygens (including phenoxy) is 5. The van der Waals surface area contributed by atoms with Gasteiger partial charge in [-0.1, -0.05) is 0 Å². The zero-order valence-electron chi connectivity index (χ0n) is 18.6. The molecule has 8 heteroatoms. The van der Waals surface area contributed by atoms with E-state index in [0.717, 1.165) is 11.3 Å². The van der Waals surface area contributed by atoms with Gasteiger partial charge in [-0.05, 0) is 49.4 Å². The van der Waals surface area contributed by atoms with Crippen LogP contribution in [0.3, 0.4) is 0 Å². The smallest absolute Gasteiger partial charge is 0.355 e. The molecule has 31 heavy (non-hydrogen) atoms. The van der Waals surface area contributed by atoms with Gasteiger partial charge in [0.15, 0.2) is 17.3 Å². The molecule has 1 aromatic heterocycles. The Balaban J connectivity index is 1.87. The number of carbonyl (C=O) groups excluding carboxylic acids is 2. The summed E-state index contributed by atoms with van der Waals surface area (Å²) in [6, 6.07) is 3.73. The molecular weight excluding hydrogens is 402 g/mol. The number of aromatic nitrogens is 1. The summed E-state index contributed by atoms with van der Waals surface area (Å²) in [6.45, 7) is 4.71. The SMILES string of the molecule is CCOCCOC(=O)c1[nH]c2c(c1C)C(=O)C[C@@H](c1cc(OC)c(OC)c(OC)c1)C2. The molecule has 1 N–H and O–H groups in total. The maximum absolute atomic E-state index is 13.0. The summed E-state index contributed by atoms with van der Waals surface area (Å²) >= 11 is 0. The lowest BCUT2D eigenvalue weighted by atomic mass is 9.81. The molecule has 1 atom stereocenters. The first-order chi connectivity index (χ1) is 14.9. The number of benzene rings is 1. The van der Waals surface area contributed by atoms with Gasteiger partial charge in [0.25, 0.3) is 0 Å². The minimum absolute atomic E-state index is 0.0119. The number of esters is 1. The van der Waals surface area contributed by atoms with E-state index in [1.807, 2.05) is 19.1 Å². The van der Waals surface area contributed by atoms with E-state index in [1.165, 1.54) is 0 Å². The number of Topliss-reactive ketones (excluding diaryl/α,β-unsaturated/α-hetero) is 1. The third-order valence-electron chi connectivity index (χ3n) is 5.52. The van der Waals surface area contributed by atoms with Crippen LogP contribution in [0, 0.1) is 6.92 Å². The first kappa shape index (κ1) is 22.7. The second-order valence-corrected chi connectivity index (χ2v) is 7.30. The Hall–Kier alpha value is -3.00. The molecule has 8 nitrogen and oxygen atoms in total. The molecule has 1 aliphatic carbocycles. The Morgan fingerprint density at radius 1 is 1.06 bits per heavy atom. The fraction of sp³-hybridized carbons (Fsp3) is 0.478. The van der Waals surface area contributed by atoms with Gasteiger partial charge < -0.3 is 28.7 Å². The van der Waals surface area contributed by atoms with Crippen LogP contribution >= 0.6 is 0 Å². The molecule has 0 spiro atoms. The molecule has 1 aliphatic rings. The molecule has 0 aliphatic heterocycles. The monoisotopic (exact) mass is 431 g/mol. The standard InChI is InChI=1S/C23H29NO7/c1-6-30-7-8-31-23(26)21-13(2)20-16(24-21)9-14(10-17(20)25)15-11-18(27-3)22(29-5)19(12-15)28-4/h11-12,14,24H,6-10H2,1-5H3/t14-/m0/s1. The number of methoxy groups -OCH3 is 3. The number of aromatic amines is 1. The van der Waals surface area contributed by atoms with Crippen LogP contribution in [-0.4, -0.2) is 57.9 Å². The van der Waals surface area contributed by atoms with Gasteiger partial charge in [0.05, 0.1) is 27.9 Å². The molecular formula is C23H29NO7. The van der Waals surface area contributed by atoms with E-state index < -0.39 is 5.97 Å². The van der Waals surface area contributed by atoms with E-state index in [1.54, 1.807) is 28.3 Å². The van der Waals surface area contributed by atoms with E-state index in [4.69, 9.17) is 23.7 Å². The van der Waals surface area contributed by atoms with Crippen LogP contribution in [0.15, 0.2) is 12.1 Å². The van der Waals surface area contributed by atoms with Gasteiger partial charge in [0, 0.05) is 24.3 Å². The number of carbonyl (C=O) groups is 2. The molecule has 0 amide bonds. The lowest BCUT2D eigenvalue weighted by molar-refractivity contribution is 0.0329. The largest absolute Gasteiger partial charge is 0.493 e. The first-order valence-corrected chi connectivity index (χ1v) is 10.2. The van der Waals surface area contributed by atoms with Gasteiger partial charge >= 0.3 is 5.97 Å². The van der Waals surface area contributed by atoms with Crippen LogP contribution in [0.1, 0.15) is 56.9 Å². The molecule has 0 unspecified atom stereocenters. The fourth-order valence-corrected chi connectivity index (χ4v) is 4.02. The van der Waals surface area contributed by atoms with Gasteiger partial charge in [0.2, 0.25) is 5.75 Å². The maximum Gasteiger partial charge on any atom is 0.355 e. The van der Waals surface area contributed by atoms with E-state index in [0.29, 0.717) is 60.1 Å². The molecule has 1 heterocycles. The van der Waals surface area contributed by atoms with Crippen LogP contribution in [0.2, 0.25) is 0 Å². The predicted molar refractivity (Wildman–Crippen MR) is 114 cm³/mol. The molecule has 0 fully saturated rings. The van der Waals surface area contributed by atoms with Crippen molar-refractivity contribution in [1.82, 2.24) is 4.98 Å². The third-order valence-corrected chi connectivity index (χ3v) is 5.52. The summed E-state index contributed by atoms with van der Waals surface area (Å²) in [5.74, 6) is 0.997. The van der Waals surface area contributed by atoms with Crippen LogP contribution < -0.4 is 14.2 Å². The number of hydrogen-bond acceptors (Lipinski definition) is 7. The highest BCUT2D eigenvalue weighted by Gasteiger charge is 2.33. The zero-order chi connectivity index (χ0) is 22.5. The average molecular weight is 431 g/mol. The Morgan fingerprint density at radius 3 is 2.32 bits per heavy atom. The predicted octanol–water partition coefficient (Wildman–Crippen LogP) is 3.45. The first-order valence-electron chi connectivity index (χ1n) is 10.2. The molecule has 3 rings (SSSR count). The number of ketones is 1. The van der Waals surface area contributed by atoms with Crippen molar-refractivity contribution in [3.8, 4) is 17.2 Å². The summed E-state index contributed by atoms with van der Waals surface area (Å²) in [6.07, 6.45) is 0.899. The molecule has 2 aromatic rings. The summed E-state index contributed by atoms with van der Waals surface area (Å²) in [5.41, 5.74) is 3.18. The van der Waals surface area contributed by atoms with Gasteiger partial charge in [-0.3, -0.25) is 4.79 Å². The summed E-state index contributed by atoms with van der Waals surface area (Å²) in [4.78, 5) is 28.6. The Kier molecular flexibility index (Phi) is 7.22. The molecule has 0 bridgehead atoms. The number of H-pyrrole nitrogens is 1. The molecule has 1 aromatic carbocycles. The number of fused-ring (bicyclic) bond motifs is 1. The van der Waals surface area contributed by atoms with Crippen LogP contribution in [0.4, 0.5) is 0 Å². The van der Waals surface area contributed by atoms with Crippen molar-refractivity contribution in [2.24, 2.45) is 0 Å². The highest BCUT2D eigenvalue weighted by atomic mass is 16.6. The second kappa shape index (κ2) is 9.87. The highest BCUT2D eigenvalue weighted by molar-refractivity contribution is 6.03. The average Bonchev–Trinajstić information content (AvgIpc) is 3.12. The van der Waals surface area contributed by atoms with Gasteiger partial charge in [-0.2, -0.15) is 0 Å². The minimum Gasteiger partial charge on any atom is -0.493 e. The highest BCUT2D eigenvalue weighted by Crippen LogP contribution is 2.43. The Labute approximate surface area is 181 Å². The van der Waals surface area contributed by atoms with Crippen molar-refractivity contribution >= 4 is 11.8 Å². The van der Waals surface area contributed by atoms with E-state index in [-0.39, 0.29) is 18.3 Å². The lowest BCUT2D eigenvalue weighted by Gasteiger charge is -2.24. The van der Waals surface area contributed by atoms with E-state index in [2.05, 4.69) is 4.98 Å². The molecule has 0 radical (unpaired) electrons. The zero-order valence-corrected chi connectivity index (χ0v) is 18.6. The van der Waals surface area contributed by atoms with Crippen LogP contribution in [0.25, 0.3) is 0 Å². The van der Waals surface area contributed by atoms with Crippen molar-refractivity contribution in [2.75, 3.05) is 41.2 Å². The summed E-state index contributed by atoms with van der Waals surface area (Å²) in [5, 5.41) is 0. The van der Waals surface area contributed by atoms with Crippen LogP contribution in [0.5, 0.6) is 17.2 Å². The third kappa shape index (κ3) is 4.54. The minimum atomic E-state index is -0.483. The Morgan fingerprint density at radius 2 is 1.74 bits per heavy atom. The summed E-state index contributed by atoms with van der Waals surface area (Å²) < 4.78 is 26.7. The van der Waals surface area contributed by atoms with Gasteiger partial charge in [-0.25, -0.2) is 4.79 Å². The Bertz CT molecular complexity index is 938. The van der Waals surface area contributed by atoms with Crippen molar-refractivity contribution in [3.05, 3.63) is 40.2 Å². The maximum atomic E-state index is 13.0. The number of hydrogen-bond donors (Lipinski definition) is 1. The van der Waals surface area contributed by atoms with Crippen LogP contribution in [-0.2, 0) is 15.9 Å². The molecule has 168 valence electrons. The fourth-order valence-electron chi connectivity index (χ4n) is 4.02. The molecule has 0 saturated carbocycles.